The molecule has 0 fully saturated rings. The van der Waals surface area contributed by atoms with Crippen molar-refractivity contribution in [2.45, 2.75) is 0 Å². The van der Waals surface area contributed by atoms with Crippen LogP contribution in [0, 0.1) is 0 Å². The van der Waals surface area contributed by atoms with E-state index in [0.29, 0.717) is 0 Å². The van der Waals surface area contributed by atoms with Crippen LogP contribution in [0.15, 0.2) is 258 Å². The quantitative estimate of drug-likeness (QED) is 0.130. The van der Waals surface area contributed by atoms with E-state index in [-0.39, 0.29) is 6.71 Å². The van der Waals surface area contributed by atoms with E-state index in [4.69, 9.17) is 8.83 Å². The van der Waals surface area contributed by atoms with Crippen LogP contribution >= 0.6 is 0 Å². The van der Waals surface area contributed by atoms with Gasteiger partial charge in [0, 0.05) is 44.0 Å². The smallest absolute Gasteiger partial charge is 0.252 e. The lowest BCUT2D eigenvalue weighted by atomic mass is 9.33. The van der Waals surface area contributed by atoms with E-state index in [9.17, 15) is 0 Å². The first-order chi connectivity index (χ1) is 37.3. The molecule has 75 heavy (non-hydrogen) atoms. The van der Waals surface area contributed by atoms with Gasteiger partial charge in [-0.2, -0.15) is 0 Å². The summed E-state index contributed by atoms with van der Waals surface area (Å²) in [6.45, 7) is -0.191. The third kappa shape index (κ3) is 5.51. The Balaban J connectivity index is 1.10. The molecule has 2 aromatic heterocycles. The zero-order valence-corrected chi connectivity index (χ0v) is 40.5. The van der Waals surface area contributed by atoms with Crippen LogP contribution in [-0.4, -0.2) is 6.71 Å². The van der Waals surface area contributed by atoms with Crippen LogP contribution in [0.1, 0.15) is 0 Å². The van der Waals surface area contributed by atoms with E-state index in [1.165, 1.54) is 70.6 Å². The Labute approximate surface area is 431 Å². The predicted molar refractivity (Wildman–Crippen MR) is 316 cm³/mol. The number of furan rings is 2. The van der Waals surface area contributed by atoms with Gasteiger partial charge in [-0.1, -0.05) is 212 Å². The number of hydrogen-bond donors (Lipinski definition) is 0. The van der Waals surface area contributed by atoms with Gasteiger partial charge in [0.25, 0.3) is 6.71 Å². The summed E-state index contributed by atoms with van der Waals surface area (Å²) in [7, 11) is 0. The minimum atomic E-state index is -0.191. The number of nitrogens with zero attached hydrogens (tertiary/aromatic N) is 2. The van der Waals surface area contributed by atoms with Crippen LogP contribution in [0.3, 0.4) is 0 Å². The highest BCUT2D eigenvalue weighted by Crippen LogP contribution is 2.57. The lowest BCUT2D eigenvalue weighted by molar-refractivity contribution is 0.668. The van der Waals surface area contributed by atoms with Gasteiger partial charge in [-0.25, -0.2) is 0 Å². The highest BCUT2D eigenvalue weighted by atomic mass is 16.3. The van der Waals surface area contributed by atoms with E-state index in [1.54, 1.807) is 0 Å². The normalized spacial score (nSPS) is 13.0. The Morgan fingerprint density at radius 1 is 0.253 bits per heavy atom. The molecule has 0 N–H and O–H groups in total. The predicted octanol–water partition coefficient (Wildman–Crippen LogP) is 17.5. The summed E-state index contributed by atoms with van der Waals surface area (Å²) in [5.41, 5.74) is 18.6. The van der Waals surface area contributed by atoms with E-state index < -0.39 is 0 Å². The molecule has 4 heterocycles. The van der Waals surface area contributed by atoms with Crippen molar-refractivity contribution in [2.75, 3.05) is 9.80 Å². The van der Waals surface area contributed by atoms with Gasteiger partial charge in [-0.3, -0.25) is 0 Å². The van der Waals surface area contributed by atoms with E-state index in [0.717, 1.165) is 89.1 Å². The highest BCUT2D eigenvalue weighted by molar-refractivity contribution is 7.01. The Morgan fingerprint density at radius 3 is 1.03 bits per heavy atom. The molecule has 0 spiro atoms. The van der Waals surface area contributed by atoms with Crippen LogP contribution < -0.4 is 26.2 Å². The lowest BCUT2D eigenvalue weighted by Gasteiger charge is -2.45. The Bertz CT molecular complexity index is 4620. The van der Waals surface area contributed by atoms with Gasteiger partial charge in [0.2, 0.25) is 0 Å². The maximum Gasteiger partial charge on any atom is 0.252 e. The van der Waals surface area contributed by atoms with E-state index in [1.807, 2.05) is 0 Å². The van der Waals surface area contributed by atoms with Crippen molar-refractivity contribution in [3.63, 3.8) is 0 Å². The van der Waals surface area contributed by atoms with Crippen molar-refractivity contribution in [3.8, 4) is 22.3 Å². The molecule has 0 radical (unpaired) electrons. The average molecular weight is 953 g/mol. The summed E-state index contributed by atoms with van der Waals surface area (Å²) in [5, 5.41) is 14.0. The highest BCUT2D eigenvalue weighted by Gasteiger charge is 2.47. The molecule has 5 heteroatoms. The first kappa shape index (κ1) is 40.7. The van der Waals surface area contributed by atoms with Gasteiger partial charge in [0.05, 0.1) is 33.5 Å². The minimum absolute atomic E-state index is 0.191. The number of rotatable bonds is 4. The topological polar surface area (TPSA) is 32.8 Å². The first-order valence-electron chi connectivity index (χ1n) is 25.9. The van der Waals surface area contributed by atoms with Crippen molar-refractivity contribution >= 4 is 144 Å². The number of hydrogen-bond acceptors (Lipinski definition) is 4. The van der Waals surface area contributed by atoms with Crippen LogP contribution in [0.4, 0.5) is 34.1 Å². The second-order valence-electron chi connectivity index (χ2n) is 20.1. The number of anilines is 6. The van der Waals surface area contributed by atoms with Crippen LogP contribution in [0.25, 0.3) is 109 Å². The van der Waals surface area contributed by atoms with Crippen molar-refractivity contribution in [2.24, 2.45) is 0 Å². The summed E-state index contributed by atoms with van der Waals surface area (Å²) < 4.78 is 13.8. The molecule has 0 atom stereocenters. The molecule has 4 nitrogen and oxygen atoms in total. The fraction of sp³-hybridized carbons (Fsp3) is 0. The van der Waals surface area contributed by atoms with E-state index in [2.05, 4.69) is 259 Å². The maximum absolute atomic E-state index is 6.89. The Kier molecular flexibility index (Phi) is 8.33. The molecule has 346 valence electrons. The van der Waals surface area contributed by atoms with Gasteiger partial charge in [-0.05, 0) is 96.2 Å². The van der Waals surface area contributed by atoms with Gasteiger partial charge in [0.15, 0.2) is 0 Å². The molecule has 0 amide bonds. The molecule has 0 saturated carbocycles. The van der Waals surface area contributed by atoms with E-state index >= 15 is 0 Å². The van der Waals surface area contributed by atoms with Crippen molar-refractivity contribution in [3.05, 3.63) is 249 Å². The standard InChI is InChI=1S/C70H41BN2O2/c1-3-20-42(21-4-1)62-48-28-11-7-24-44(48)46-26-9-13-30-50(46)67(62)72-56-34-19-35-57-66(56)71(54-38-40-60-64(69(54)72)52-32-15-17-36-58(52)74-60)55-39-41-61-65(53-33-16-18-37-59(53)75-61)70(55)73(57)68-51-31-14-10-27-47(51)45-25-8-12-29-49(45)63(68)43-22-5-2-6-23-43/h1-41H. The fourth-order valence-corrected chi connectivity index (χ4v) is 13.5. The molecule has 13 aromatic carbocycles. The molecule has 2 aliphatic rings. The van der Waals surface area contributed by atoms with Gasteiger partial charge in [-0.15, -0.1) is 0 Å². The molecule has 2 aliphatic heterocycles. The largest absolute Gasteiger partial charge is 0.456 e. The summed E-state index contributed by atoms with van der Waals surface area (Å²) in [5.74, 6) is 0. The molecule has 0 saturated heterocycles. The second-order valence-corrected chi connectivity index (χ2v) is 20.1. The number of benzene rings is 13. The molecule has 0 aliphatic carbocycles. The number of para-hydroxylation sites is 2. The fourth-order valence-electron chi connectivity index (χ4n) is 13.5. The first-order valence-corrected chi connectivity index (χ1v) is 25.9. The summed E-state index contributed by atoms with van der Waals surface area (Å²) in [6, 6.07) is 91.3. The summed E-state index contributed by atoms with van der Waals surface area (Å²) in [4.78, 5) is 5.27. The van der Waals surface area contributed by atoms with Crippen molar-refractivity contribution in [1.29, 1.82) is 0 Å². The molecule has 0 unspecified atom stereocenters. The van der Waals surface area contributed by atoms with Crippen LogP contribution in [-0.2, 0) is 0 Å². The van der Waals surface area contributed by atoms with Crippen molar-refractivity contribution in [1.82, 2.24) is 0 Å². The third-order valence-electron chi connectivity index (χ3n) is 16.4. The van der Waals surface area contributed by atoms with Gasteiger partial charge in [0.1, 0.15) is 22.3 Å². The van der Waals surface area contributed by atoms with Gasteiger partial charge >= 0.3 is 0 Å². The van der Waals surface area contributed by atoms with Crippen molar-refractivity contribution < 1.29 is 8.83 Å². The van der Waals surface area contributed by atoms with Crippen LogP contribution in [0.2, 0.25) is 0 Å². The molecular formula is C70H41BN2O2. The second kappa shape index (κ2) is 15.3. The molecule has 17 rings (SSSR count). The molecule has 0 bridgehead atoms. The molecular weight excluding hydrogens is 912 g/mol. The average Bonchev–Trinajstić information content (AvgIpc) is 4.17. The summed E-state index contributed by atoms with van der Waals surface area (Å²) in [6.07, 6.45) is 0. The monoisotopic (exact) mass is 952 g/mol. The zero-order chi connectivity index (χ0) is 48.9. The Morgan fingerprint density at radius 2 is 0.600 bits per heavy atom. The minimum Gasteiger partial charge on any atom is -0.456 e. The molecule has 15 aromatic rings. The summed E-state index contributed by atoms with van der Waals surface area (Å²) >= 11 is 0. The maximum atomic E-state index is 6.89. The SMILES string of the molecule is c1ccc(-c2c(N3c4cccc5c4B(c4ccc6oc7ccccc7c6c43)c3ccc4oc6ccccc6c4c3N5c3c(-c4ccccc4)c4ccccc4c4ccccc34)c3ccccc3c3ccccc23)cc1. The van der Waals surface area contributed by atoms with Gasteiger partial charge < -0.3 is 18.6 Å². The Hall–Kier alpha value is -9.84. The number of fused-ring (bicyclic) bond motifs is 18. The third-order valence-corrected chi connectivity index (χ3v) is 16.4. The zero-order valence-electron chi connectivity index (χ0n) is 40.5. The van der Waals surface area contributed by atoms with Crippen LogP contribution in [0.5, 0.6) is 0 Å². The lowest BCUT2D eigenvalue weighted by Crippen LogP contribution is -2.61.